The Bertz CT molecular complexity index is 622. The number of ketones is 1. The summed E-state index contributed by atoms with van der Waals surface area (Å²) in [5, 5.41) is 4.12. The molecule has 0 bridgehead atoms. The third kappa shape index (κ3) is 3.39. The number of carbonyl (C=O) groups excluding carboxylic acids is 1. The number of ether oxygens (including phenoxy) is 2. The molecule has 1 heterocycles. The first-order valence-electron chi connectivity index (χ1n) is 6.81. The highest BCUT2D eigenvalue weighted by Crippen LogP contribution is 2.25. The van der Waals surface area contributed by atoms with Crippen LogP contribution in [-0.2, 0) is 13.0 Å². The van der Waals surface area contributed by atoms with Gasteiger partial charge in [-0.15, -0.1) is 0 Å². The topological polar surface area (TPSA) is 66.2 Å². The third-order valence-electron chi connectivity index (χ3n) is 3.16. The fourth-order valence-corrected chi connectivity index (χ4v) is 2.09. The number of Topliss-reactive ketones (excluding diaryl/α,β-unsaturated/α-hetero) is 1. The van der Waals surface area contributed by atoms with Crippen molar-refractivity contribution in [1.82, 2.24) is 14.8 Å². The number of methoxy groups -OCH3 is 2. The molecule has 2 aromatic rings. The molecule has 0 aliphatic rings. The van der Waals surface area contributed by atoms with Crippen molar-refractivity contribution >= 4 is 5.78 Å². The Kier molecular flexibility index (Phi) is 4.92. The lowest BCUT2D eigenvalue weighted by Crippen LogP contribution is -2.12. The molecular weight excluding hydrogens is 270 g/mol. The number of hydrogen-bond acceptors (Lipinski definition) is 5. The standard InChI is InChI=1S/C15H19N3O3/c1-4-7-18-15(16-10-17-18)9-13(19)12-6-5-11(20-2)8-14(12)21-3/h5-6,8,10H,4,7,9H2,1-3H3. The highest BCUT2D eigenvalue weighted by Gasteiger charge is 2.16. The van der Waals surface area contributed by atoms with Gasteiger partial charge in [-0.05, 0) is 18.6 Å². The summed E-state index contributed by atoms with van der Waals surface area (Å²) in [7, 11) is 3.11. The van der Waals surface area contributed by atoms with Crippen molar-refractivity contribution in [3.63, 3.8) is 0 Å². The van der Waals surface area contributed by atoms with Crippen LogP contribution < -0.4 is 9.47 Å². The minimum absolute atomic E-state index is 0.0557. The molecule has 0 fully saturated rings. The van der Waals surface area contributed by atoms with Gasteiger partial charge in [-0.25, -0.2) is 9.67 Å². The molecule has 0 N–H and O–H groups in total. The summed E-state index contributed by atoms with van der Waals surface area (Å²) in [5.74, 6) is 1.76. The Morgan fingerprint density at radius 1 is 1.29 bits per heavy atom. The smallest absolute Gasteiger partial charge is 0.174 e. The summed E-state index contributed by atoms with van der Waals surface area (Å²) in [4.78, 5) is 16.6. The number of aromatic nitrogens is 3. The van der Waals surface area contributed by atoms with E-state index in [4.69, 9.17) is 9.47 Å². The number of carbonyl (C=O) groups is 1. The van der Waals surface area contributed by atoms with Gasteiger partial charge in [0.15, 0.2) is 5.78 Å². The molecule has 2 rings (SSSR count). The molecule has 0 aliphatic carbocycles. The Balaban J connectivity index is 2.22. The van der Waals surface area contributed by atoms with E-state index in [0.717, 1.165) is 13.0 Å². The number of hydrogen-bond donors (Lipinski definition) is 0. The molecule has 0 saturated heterocycles. The van der Waals surface area contributed by atoms with Crippen LogP contribution in [0, 0.1) is 0 Å². The molecule has 0 unspecified atom stereocenters. The summed E-state index contributed by atoms with van der Waals surface area (Å²) >= 11 is 0. The number of nitrogens with zero attached hydrogens (tertiary/aromatic N) is 3. The second-order valence-corrected chi connectivity index (χ2v) is 4.57. The van der Waals surface area contributed by atoms with E-state index in [1.54, 1.807) is 30.0 Å². The van der Waals surface area contributed by atoms with Gasteiger partial charge in [-0.2, -0.15) is 5.10 Å². The lowest BCUT2D eigenvalue weighted by atomic mass is 10.1. The molecular formula is C15H19N3O3. The normalized spacial score (nSPS) is 10.4. The second-order valence-electron chi connectivity index (χ2n) is 4.57. The maximum Gasteiger partial charge on any atom is 0.174 e. The first kappa shape index (κ1) is 15.0. The lowest BCUT2D eigenvalue weighted by molar-refractivity contribution is 0.0986. The third-order valence-corrected chi connectivity index (χ3v) is 3.16. The fraction of sp³-hybridized carbons (Fsp3) is 0.400. The lowest BCUT2D eigenvalue weighted by Gasteiger charge is -2.10. The monoisotopic (exact) mass is 289 g/mol. The van der Waals surface area contributed by atoms with Crippen LogP contribution in [0.2, 0.25) is 0 Å². The van der Waals surface area contributed by atoms with Crippen molar-refractivity contribution in [2.75, 3.05) is 14.2 Å². The second kappa shape index (κ2) is 6.88. The van der Waals surface area contributed by atoms with Crippen molar-refractivity contribution in [3.8, 4) is 11.5 Å². The highest BCUT2D eigenvalue weighted by molar-refractivity contribution is 5.99. The molecule has 0 radical (unpaired) electrons. The molecule has 0 saturated carbocycles. The number of aryl methyl sites for hydroxylation is 1. The minimum atomic E-state index is -0.0557. The average molecular weight is 289 g/mol. The zero-order valence-electron chi connectivity index (χ0n) is 12.5. The zero-order chi connectivity index (χ0) is 15.2. The van der Waals surface area contributed by atoms with Crippen LogP contribution in [-0.4, -0.2) is 34.8 Å². The van der Waals surface area contributed by atoms with Crippen molar-refractivity contribution in [2.24, 2.45) is 0 Å². The average Bonchev–Trinajstić information content (AvgIpc) is 2.94. The quantitative estimate of drug-likeness (QED) is 0.730. The molecule has 0 amide bonds. The van der Waals surface area contributed by atoms with E-state index in [1.165, 1.54) is 13.4 Å². The first-order chi connectivity index (χ1) is 10.2. The molecule has 1 aromatic heterocycles. The van der Waals surface area contributed by atoms with E-state index < -0.39 is 0 Å². The van der Waals surface area contributed by atoms with Crippen molar-refractivity contribution in [2.45, 2.75) is 26.3 Å². The molecule has 21 heavy (non-hydrogen) atoms. The van der Waals surface area contributed by atoms with E-state index >= 15 is 0 Å². The van der Waals surface area contributed by atoms with Gasteiger partial charge in [0.05, 0.1) is 26.2 Å². The van der Waals surface area contributed by atoms with Crippen molar-refractivity contribution in [3.05, 3.63) is 35.9 Å². The van der Waals surface area contributed by atoms with E-state index in [2.05, 4.69) is 17.0 Å². The van der Waals surface area contributed by atoms with Gasteiger partial charge in [0.25, 0.3) is 0 Å². The van der Waals surface area contributed by atoms with Gasteiger partial charge in [-0.3, -0.25) is 4.79 Å². The first-order valence-corrected chi connectivity index (χ1v) is 6.81. The Morgan fingerprint density at radius 2 is 2.10 bits per heavy atom. The molecule has 112 valence electrons. The highest BCUT2D eigenvalue weighted by atomic mass is 16.5. The van der Waals surface area contributed by atoms with E-state index in [9.17, 15) is 4.79 Å². The van der Waals surface area contributed by atoms with Gasteiger partial charge in [0.1, 0.15) is 23.7 Å². The van der Waals surface area contributed by atoms with Gasteiger partial charge in [-0.1, -0.05) is 6.92 Å². The largest absolute Gasteiger partial charge is 0.497 e. The molecule has 6 heteroatoms. The predicted molar refractivity (Wildman–Crippen MR) is 77.9 cm³/mol. The van der Waals surface area contributed by atoms with Crippen molar-refractivity contribution in [1.29, 1.82) is 0 Å². The number of benzene rings is 1. The molecule has 0 aliphatic heterocycles. The number of rotatable bonds is 7. The Labute approximate surface area is 123 Å². The van der Waals surface area contributed by atoms with Crippen LogP contribution in [0.4, 0.5) is 0 Å². The van der Waals surface area contributed by atoms with Gasteiger partial charge in [0.2, 0.25) is 0 Å². The minimum Gasteiger partial charge on any atom is -0.497 e. The van der Waals surface area contributed by atoms with Crippen LogP contribution >= 0.6 is 0 Å². The van der Waals surface area contributed by atoms with Crippen LogP contribution in [0.15, 0.2) is 24.5 Å². The molecule has 1 aromatic carbocycles. The summed E-state index contributed by atoms with van der Waals surface area (Å²) < 4.78 is 12.2. The van der Waals surface area contributed by atoms with Crippen LogP contribution in [0.5, 0.6) is 11.5 Å². The summed E-state index contributed by atoms with van der Waals surface area (Å²) in [5.41, 5.74) is 0.518. The summed E-state index contributed by atoms with van der Waals surface area (Å²) in [6.07, 6.45) is 2.61. The maximum atomic E-state index is 12.4. The SMILES string of the molecule is CCCn1ncnc1CC(=O)c1ccc(OC)cc1OC. The fourth-order valence-electron chi connectivity index (χ4n) is 2.09. The van der Waals surface area contributed by atoms with Gasteiger partial charge < -0.3 is 9.47 Å². The molecule has 0 spiro atoms. The molecule has 0 atom stereocenters. The van der Waals surface area contributed by atoms with E-state index in [0.29, 0.717) is 22.9 Å². The Morgan fingerprint density at radius 3 is 2.76 bits per heavy atom. The molecule has 6 nitrogen and oxygen atoms in total. The van der Waals surface area contributed by atoms with Crippen LogP contribution in [0.25, 0.3) is 0 Å². The van der Waals surface area contributed by atoms with E-state index in [1.807, 2.05) is 0 Å². The van der Waals surface area contributed by atoms with Crippen molar-refractivity contribution < 1.29 is 14.3 Å². The van der Waals surface area contributed by atoms with Gasteiger partial charge in [0, 0.05) is 12.6 Å². The predicted octanol–water partition coefficient (Wildman–Crippen LogP) is 2.13. The maximum absolute atomic E-state index is 12.4. The summed E-state index contributed by atoms with van der Waals surface area (Å²) in [6.45, 7) is 2.81. The van der Waals surface area contributed by atoms with Crippen LogP contribution in [0.3, 0.4) is 0 Å². The zero-order valence-corrected chi connectivity index (χ0v) is 12.5. The van der Waals surface area contributed by atoms with Crippen LogP contribution in [0.1, 0.15) is 29.5 Å². The van der Waals surface area contributed by atoms with Gasteiger partial charge >= 0.3 is 0 Å². The summed E-state index contributed by atoms with van der Waals surface area (Å²) in [6, 6.07) is 5.15. The van der Waals surface area contributed by atoms with E-state index in [-0.39, 0.29) is 12.2 Å². The Hall–Kier alpha value is -2.37.